The monoisotopic (exact) mass is 292 g/mol. The zero-order valence-electron chi connectivity index (χ0n) is 12.3. The highest BCUT2D eigenvalue weighted by molar-refractivity contribution is 5.94. The number of aromatic amines is 1. The zero-order chi connectivity index (χ0) is 15.4. The molecule has 1 aliphatic rings. The number of aromatic nitrogens is 1. The summed E-state index contributed by atoms with van der Waals surface area (Å²) in [6.07, 6.45) is 1.47. The standard InChI is InChI=1S/C14H20N4O3/c1-16(2)13(20)10-17-5-7-18(8-6-17)14(21)11-3-4-15-12(19)9-11/h3-4,9H,5-8,10H2,1-2H3,(H,15,19). The molecule has 1 saturated heterocycles. The molecule has 2 amide bonds. The van der Waals surface area contributed by atoms with Crippen molar-refractivity contribution in [3.8, 4) is 0 Å². The summed E-state index contributed by atoms with van der Waals surface area (Å²) < 4.78 is 0. The molecular weight excluding hydrogens is 272 g/mol. The molecular formula is C14H20N4O3. The molecule has 0 spiro atoms. The third kappa shape index (κ3) is 3.91. The van der Waals surface area contributed by atoms with E-state index in [1.807, 2.05) is 4.90 Å². The van der Waals surface area contributed by atoms with Gasteiger partial charge in [0.05, 0.1) is 6.54 Å². The summed E-state index contributed by atoms with van der Waals surface area (Å²) in [7, 11) is 3.46. The summed E-state index contributed by atoms with van der Waals surface area (Å²) >= 11 is 0. The minimum absolute atomic E-state index is 0.0596. The van der Waals surface area contributed by atoms with E-state index in [1.54, 1.807) is 30.0 Å². The molecule has 1 aromatic rings. The number of hydrogen-bond donors (Lipinski definition) is 1. The van der Waals surface area contributed by atoms with Gasteiger partial charge in [-0.1, -0.05) is 0 Å². The topological polar surface area (TPSA) is 76.7 Å². The predicted molar refractivity (Wildman–Crippen MR) is 78.1 cm³/mol. The van der Waals surface area contributed by atoms with Crippen molar-refractivity contribution < 1.29 is 9.59 Å². The van der Waals surface area contributed by atoms with Gasteiger partial charge in [-0.15, -0.1) is 0 Å². The van der Waals surface area contributed by atoms with E-state index in [0.717, 1.165) is 0 Å². The van der Waals surface area contributed by atoms with Crippen molar-refractivity contribution in [2.75, 3.05) is 46.8 Å². The first-order valence-corrected chi connectivity index (χ1v) is 6.88. The molecule has 0 saturated carbocycles. The molecule has 0 unspecified atom stereocenters. The molecule has 1 N–H and O–H groups in total. The molecule has 114 valence electrons. The fraction of sp³-hybridized carbons (Fsp3) is 0.500. The van der Waals surface area contributed by atoms with Gasteiger partial charge in [-0.2, -0.15) is 0 Å². The molecule has 2 rings (SSSR count). The van der Waals surface area contributed by atoms with E-state index in [-0.39, 0.29) is 17.4 Å². The van der Waals surface area contributed by atoms with Gasteiger partial charge in [0.1, 0.15) is 0 Å². The molecule has 1 aromatic heterocycles. The van der Waals surface area contributed by atoms with E-state index in [2.05, 4.69) is 4.98 Å². The Morgan fingerprint density at radius 3 is 2.48 bits per heavy atom. The van der Waals surface area contributed by atoms with Gasteiger partial charge in [-0.05, 0) is 6.07 Å². The van der Waals surface area contributed by atoms with Gasteiger partial charge in [-0.3, -0.25) is 19.3 Å². The smallest absolute Gasteiger partial charge is 0.254 e. The van der Waals surface area contributed by atoms with Gasteiger partial charge >= 0.3 is 0 Å². The summed E-state index contributed by atoms with van der Waals surface area (Å²) in [4.78, 5) is 43.0. The van der Waals surface area contributed by atoms with Crippen LogP contribution in [0.2, 0.25) is 0 Å². The normalized spacial score (nSPS) is 15.8. The van der Waals surface area contributed by atoms with Crippen LogP contribution in [0.4, 0.5) is 0 Å². The van der Waals surface area contributed by atoms with Crippen molar-refractivity contribution in [3.63, 3.8) is 0 Å². The number of carbonyl (C=O) groups is 2. The lowest BCUT2D eigenvalue weighted by molar-refractivity contribution is -0.130. The molecule has 7 heteroatoms. The Morgan fingerprint density at radius 1 is 1.24 bits per heavy atom. The van der Waals surface area contributed by atoms with Crippen molar-refractivity contribution >= 4 is 11.8 Å². The highest BCUT2D eigenvalue weighted by Gasteiger charge is 2.23. The Bertz CT molecular complexity index is 574. The van der Waals surface area contributed by atoms with Gasteiger partial charge in [0.25, 0.3) is 5.91 Å². The lowest BCUT2D eigenvalue weighted by Crippen LogP contribution is -2.51. The number of pyridine rings is 1. The van der Waals surface area contributed by atoms with Crippen molar-refractivity contribution in [2.24, 2.45) is 0 Å². The van der Waals surface area contributed by atoms with Crippen molar-refractivity contribution in [3.05, 3.63) is 34.2 Å². The summed E-state index contributed by atoms with van der Waals surface area (Å²) in [6, 6.07) is 2.91. The predicted octanol–water partition coefficient (Wildman–Crippen LogP) is -0.779. The number of hydrogen-bond acceptors (Lipinski definition) is 4. The molecule has 0 aromatic carbocycles. The van der Waals surface area contributed by atoms with Crippen LogP contribution in [0.1, 0.15) is 10.4 Å². The van der Waals surface area contributed by atoms with E-state index in [9.17, 15) is 14.4 Å². The number of nitrogens with zero attached hydrogens (tertiary/aromatic N) is 3. The summed E-state index contributed by atoms with van der Waals surface area (Å²) in [5.41, 5.74) is 0.118. The third-order valence-electron chi connectivity index (χ3n) is 3.54. The molecule has 7 nitrogen and oxygen atoms in total. The number of rotatable bonds is 3. The Labute approximate surface area is 123 Å². The van der Waals surface area contributed by atoms with Crippen LogP contribution in [0.15, 0.2) is 23.1 Å². The van der Waals surface area contributed by atoms with Crippen molar-refractivity contribution in [1.82, 2.24) is 19.7 Å². The molecule has 0 radical (unpaired) electrons. The van der Waals surface area contributed by atoms with Crippen LogP contribution in [0.25, 0.3) is 0 Å². The second-order valence-corrected chi connectivity index (χ2v) is 5.30. The van der Waals surface area contributed by atoms with Gasteiger partial charge in [-0.25, -0.2) is 0 Å². The minimum Gasteiger partial charge on any atom is -0.348 e. The van der Waals surface area contributed by atoms with Crippen LogP contribution >= 0.6 is 0 Å². The highest BCUT2D eigenvalue weighted by atomic mass is 16.2. The maximum atomic E-state index is 12.3. The second kappa shape index (κ2) is 6.53. The van der Waals surface area contributed by atoms with E-state index >= 15 is 0 Å². The van der Waals surface area contributed by atoms with Crippen LogP contribution < -0.4 is 5.56 Å². The van der Waals surface area contributed by atoms with Crippen LogP contribution in [0, 0.1) is 0 Å². The lowest BCUT2D eigenvalue weighted by atomic mass is 10.2. The van der Waals surface area contributed by atoms with Gasteiger partial charge < -0.3 is 14.8 Å². The number of piperazine rings is 1. The number of H-pyrrole nitrogens is 1. The fourth-order valence-electron chi connectivity index (χ4n) is 2.20. The number of likely N-dealkylation sites (N-methyl/N-ethyl adjacent to an activating group) is 1. The largest absolute Gasteiger partial charge is 0.348 e. The molecule has 1 aliphatic heterocycles. The number of carbonyl (C=O) groups excluding carboxylic acids is 2. The summed E-state index contributed by atoms with van der Waals surface area (Å²) in [6.45, 7) is 2.82. The molecule has 2 heterocycles. The Kier molecular flexibility index (Phi) is 4.74. The molecule has 0 atom stereocenters. The second-order valence-electron chi connectivity index (χ2n) is 5.30. The Balaban J connectivity index is 1.90. The van der Waals surface area contributed by atoms with E-state index in [1.165, 1.54) is 12.3 Å². The van der Waals surface area contributed by atoms with Crippen molar-refractivity contribution in [1.29, 1.82) is 0 Å². The van der Waals surface area contributed by atoms with Gasteiger partial charge in [0.2, 0.25) is 11.5 Å². The quantitative estimate of drug-likeness (QED) is 0.793. The molecule has 21 heavy (non-hydrogen) atoms. The number of nitrogens with one attached hydrogen (secondary N) is 1. The van der Waals surface area contributed by atoms with E-state index in [0.29, 0.717) is 38.3 Å². The van der Waals surface area contributed by atoms with Crippen LogP contribution in [0.3, 0.4) is 0 Å². The number of amides is 2. The lowest BCUT2D eigenvalue weighted by Gasteiger charge is -2.34. The Hall–Kier alpha value is -2.15. The minimum atomic E-state index is -0.281. The average molecular weight is 292 g/mol. The summed E-state index contributed by atoms with van der Waals surface area (Å²) in [5.74, 6) is -0.0796. The molecule has 1 fully saturated rings. The van der Waals surface area contributed by atoms with Crippen LogP contribution in [-0.4, -0.2) is 78.3 Å². The average Bonchev–Trinajstić information content (AvgIpc) is 2.47. The fourth-order valence-corrected chi connectivity index (χ4v) is 2.20. The maximum Gasteiger partial charge on any atom is 0.254 e. The van der Waals surface area contributed by atoms with Gasteiger partial charge in [0.15, 0.2) is 0 Å². The van der Waals surface area contributed by atoms with Crippen LogP contribution in [0.5, 0.6) is 0 Å². The third-order valence-corrected chi connectivity index (χ3v) is 3.54. The first-order chi connectivity index (χ1) is 9.97. The van der Waals surface area contributed by atoms with E-state index in [4.69, 9.17) is 0 Å². The Morgan fingerprint density at radius 2 is 1.90 bits per heavy atom. The maximum absolute atomic E-state index is 12.3. The van der Waals surface area contributed by atoms with Crippen LogP contribution in [-0.2, 0) is 4.79 Å². The highest BCUT2D eigenvalue weighted by Crippen LogP contribution is 2.07. The SMILES string of the molecule is CN(C)C(=O)CN1CCN(C(=O)c2cc[nH]c(=O)c2)CC1. The zero-order valence-corrected chi connectivity index (χ0v) is 12.3. The molecule has 0 bridgehead atoms. The van der Waals surface area contributed by atoms with E-state index < -0.39 is 0 Å². The summed E-state index contributed by atoms with van der Waals surface area (Å²) in [5, 5.41) is 0. The molecule has 0 aliphatic carbocycles. The van der Waals surface area contributed by atoms with Gasteiger partial charge in [0, 0.05) is 58.1 Å². The first-order valence-electron chi connectivity index (χ1n) is 6.88. The first kappa shape index (κ1) is 15.2. The van der Waals surface area contributed by atoms with Crippen molar-refractivity contribution in [2.45, 2.75) is 0 Å².